The number of hydrogen-bond donors (Lipinski definition) is 3. The lowest BCUT2D eigenvalue weighted by Gasteiger charge is -2.14. The monoisotopic (exact) mass is 432 g/mol. The smallest absolute Gasteiger partial charge is 0.319 e. The normalized spacial score (nSPS) is 14.1. The molecule has 1 saturated carbocycles. The summed E-state index contributed by atoms with van der Waals surface area (Å²) in [6.07, 6.45) is 6.10. The molecule has 1 aromatic heterocycles. The number of amides is 2. The summed E-state index contributed by atoms with van der Waals surface area (Å²) < 4.78 is 3.59. The molecule has 0 radical (unpaired) electrons. The SMILES string of the molecule is CC=S(Cc1ccc(C2CC2)cc1)Nc1ccc(NC(=O)NCc2ccncc2)cc1. The molecule has 1 aliphatic carbocycles. The molecule has 0 aliphatic heterocycles. The molecular weight excluding hydrogens is 404 g/mol. The predicted molar refractivity (Wildman–Crippen MR) is 132 cm³/mol. The van der Waals surface area contributed by atoms with Crippen LogP contribution in [0.4, 0.5) is 16.2 Å². The topological polar surface area (TPSA) is 66.0 Å². The van der Waals surface area contributed by atoms with Crippen LogP contribution in [-0.4, -0.2) is 16.4 Å². The highest BCUT2D eigenvalue weighted by Crippen LogP contribution is 2.40. The first-order valence-electron chi connectivity index (χ1n) is 10.6. The largest absolute Gasteiger partial charge is 0.335 e. The van der Waals surface area contributed by atoms with Crippen molar-refractivity contribution in [3.05, 3.63) is 89.7 Å². The molecule has 2 amide bonds. The van der Waals surface area contributed by atoms with E-state index < -0.39 is 0 Å². The highest BCUT2D eigenvalue weighted by atomic mass is 32.2. The number of aromatic nitrogens is 1. The Morgan fingerprint density at radius 2 is 1.65 bits per heavy atom. The van der Waals surface area contributed by atoms with Crippen LogP contribution < -0.4 is 15.4 Å². The number of rotatable bonds is 8. The van der Waals surface area contributed by atoms with E-state index in [-0.39, 0.29) is 16.7 Å². The Balaban J connectivity index is 1.27. The minimum Gasteiger partial charge on any atom is -0.335 e. The average molecular weight is 433 g/mol. The summed E-state index contributed by atoms with van der Waals surface area (Å²) in [6, 6.07) is 20.4. The van der Waals surface area contributed by atoms with Crippen LogP contribution in [0.3, 0.4) is 0 Å². The maximum atomic E-state index is 12.1. The Kier molecular flexibility index (Phi) is 6.99. The third kappa shape index (κ3) is 6.43. The van der Waals surface area contributed by atoms with E-state index >= 15 is 0 Å². The molecule has 3 aromatic rings. The molecule has 31 heavy (non-hydrogen) atoms. The molecule has 0 saturated heterocycles. The molecule has 4 rings (SSSR count). The fourth-order valence-corrected chi connectivity index (χ4v) is 4.64. The van der Waals surface area contributed by atoms with Crippen LogP contribution >= 0.6 is 10.7 Å². The molecule has 160 valence electrons. The van der Waals surface area contributed by atoms with E-state index in [0.717, 1.165) is 28.6 Å². The zero-order valence-electron chi connectivity index (χ0n) is 17.7. The summed E-state index contributed by atoms with van der Waals surface area (Å²) >= 11 is 0. The zero-order chi connectivity index (χ0) is 21.5. The second-order valence-corrected chi connectivity index (χ2v) is 9.49. The summed E-state index contributed by atoms with van der Waals surface area (Å²) in [5, 5.41) is 7.93. The lowest BCUT2D eigenvalue weighted by Crippen LogP contribution is -2.28. The minimum atomic E-state index is -0.228. The van der Waals surface area contributed by atoms with Crippen molar-refractivity contribution in [1.29, 1.82) is 0 Å². The molecule has 0 bridgehead atoms. The van der Waals surface area contributed by atoms with Crippen molar-refractivity contribution in [2.45, 2.75) is 38.0 Å². The van der Waals surface area contributed by atoms with Crippen LogP contribution in [-0.2, 0) is 12.3 Å². The van der Waals surface area contributed by atoms with Gasteiger partial charge in [-0.1, -0.05) is 34.9 Å². The molecule has 3 N–H and O–H groups in total. The molecular formula is C25H28N4OS. The van der Waals surface area contributed by atoms with E-state index in [0.29, 0.717) is 6.54 Å². The molecule has 5 nitrogen and oxygen atoms in total. The number of nitrogens with zero attached hydrogens (tertiary/aromatic N) is 1. The van der Waals surface area contributed by atoms with Gasteiger partial charge in [0, 0.05) is 36.1 Å². The Labute approximate surface area is 186 Å². The van der Waals surface area contributed by atoms with Gasteiger partial charge in [-0.15, -0.1) is 0 Å². The average Bonchev–Trinajstić information content (AvgIpc) is 3.65. The highest BCUT2D eigenvalue weighted by Gasteiger charge is 2.22. The Hall–Kier alpha value is -3.12. The molecule has 2 aromatic carbocycles. The molecule has 6 heteroatoms. The molecule has 1 heterocycles. The number of benzene rings is 2. The van der Waals surface area contributed by atoms with Crippen molar-refractivity contribution in [3.63, 3.8) is 0 Å². The van der Waals surface area contributed by atoms with Crippen molar-refractivity contribution in [3.8, 4) is 0 Å². The van der Waals surface area contributed by atoms with E-state index in [1.54, 1.807) is 12.4 Å². The fourth-order valence-electron chi connectivity index (χ4n) is 3.29. The number of pyridine rings is 1. The Morgan fingerprint density at radius 1 is 0.968 bits per heavy atom. The maximum absolute atomic E-state index is 12.1. The van der Waals surface area contributed by atoms with E-state index in [1.165, 1.54) is 24.0 Å². The lowest BCUT2D eigenvalue weighted by atomic mass is 10.1. The van der Waals surface area contributed by atoms with E-state index in [4.69, 9.17) is 0 Å². The highest BCUT2D eigenvalue weighted by molar-refractivity contribution is 8.15. The minimum absolute atomic E-state index is 0.0565. The van der Waals surface area contributed by atoms with Gasteiger partial charge >= 0.3 is 6.03 Å². The van der Waals surface area contributed by atoms with Gasteiger partial charge in [0.1, 0.15) is 0 Å². The van der Waals surface area contributed by atoms with Gasteiger partial charge in [0.05, 0.1) is 0 Å². The second-order valence-electron chi connectivity index (χ2n) is 7.67. The van der Waals surface area contributed by atoms with Gasteiger partial charge in [0.2, 0.25) is 0 Å². The van der Waals surface area contributed by atoms with Gasteiger partial charge in [0.15, 0.2) is 0 Å². The van der Waals surface area contributed by atoms with E-state index in [2.05, 4.69) is 56.9 Å². The van der Waals surface area contributed by atoms with Crippen LogP contribution in [0, 0.1) is 0 Å². The van der Waals surface area contributed by atoms with E-state index in [1.807, 2.05) is 36.4 Å². The molecule has 1 unspecified atom stereocenters. The van der Waals surface area contributed by atoms with Crippen molar-refractivity contribution in [2.24, 2.45) is 0 Å². The number of carbonyl (C=O) groups is 1. The quantitative estimate of drug-likeness (QED) is 0.388. The summed E-state index contributed by atoms with van der Waals surface area (Å²) in [7, 11) is -0.0565. The molecule has 0 spiro atoms. The summed E-state index contributed by atoms with van der Waals surface area (Å²) in [4.78, 5) is 16.1. The lowest BCUT2D eigenvalue weighted by molar-refractivity contribution is 0.251. The first-order valence-corrected chi connectivity index (χ1v) is 12.0. The number of hydrogen-bond acceptors (Lipinski definition) is 3. The number of carbonyl (C=O) groups excluding carboxylic acids is 1. The summed E-state index contributed by atoms with van der Waals surface area (Å²) in [5.74, 6) is 1.77. The second kappa shape index (κ2) is 10.3. The fraction of sp³-hybridized carbons (Fsp3) is 0.240. The first-order chi connectivity index (χ1) is 15.2. The van der Waals surface area contributed by atoms with Gasteiger partial charge in [-0.2, -0.15) is 0 Å². The third-order valence-corrected chi connectivity index (χ3v) is 6.94. The van der Waals surface area contributed by atoms with Gasteiger partial charge in [-0.05, 0) is 84.1 Å². The summed E-state index contributed by atoms with van der Waals surface area (Å²) in [5.41, 5.74) is 5.63. The van der Waals surface area contributed by atoms with Gasteiger partial charge in [0.25, 0.3) is 0 Å². The van der Waals surface area contributed by atoms with Crippen LogP contribution in [0.25, 0.3) is 0 Å². The first kappa shape index (κ1) is 21.1. The van der Waals surface area contributed by atoms with Crippen LogP contribution in [0.2, 0.25) is 0 Å². The Bertz CT molecular complexity index is 1030. The number of nitrogens with one attached hydrogen (secondary N) is 3. The van der Waals surface area contributed by atoms with Crippen molar-refractivity contribution in [2.75, 3.05) is 10.0 Å². The molecule has 1 atom stereocenters. The Morgan fingerprint density at radius 3 is 2.29 bits per heavy atom. The standard InChI is InChI=1S/C25H28N4OS/c1-2-31(18-20-3-5-21(6-4-20)22-7-8-22)29-24-11-9-23(10-12-24)28-25(30)27-17-19-13-15-26-16-14-19/h2-6,9-16,22,29H,7-8,17-18H2,1H3,(H2,27,28,30). The molecule has 1 fully saturated rings. The van der Waals surface area contributed by atoms with Crippen molar-refractivity contribution in [1.82, 2.24) is 10.3 Å². The van der Waals surface area contributed by atoms with Gasteiger partial charge in [-0.3, -0.25) is 4.98 Å². The van der Waals surface area contributed by atoms with E-state index in [9.17, 15) is 4.79 Å². The van der Waals surface area contributed by atoms with Gasteiger partial charge in [-0.25, -0.2) is 4.79 Å². The third-order valence-electron chi connectivity index (χ3n) is 5.23. The van der Waals surface area contributed by atoms with Crippen molar-refractivity contribution >= 4 is 33.4 Å². The van der Waals surface area contributed by atoms with Crippen molar-refractivity contribution < 1.29 is 4.79 Å². The number of anilines is 2. The molecule has 1 aliphatic rings. The maximum Gasteiger partial charge on any atom is 0.319 e. The van der Waals surface area contributed by atoms with Crippen LogP contribution in [0.1, 0.15) is 42.4 Å². The van der Waals surface area contributed by atoms with Gasteiger partial charge < -0.3 is 15.4 Å². The van der Waals surface area contributed by atoms with Crippen LogP contribution in [0.5, 0.6) is 0 Å². The zero-order valence-corrected chi connectivity index (χ0v) is 18.5. The number of urea groups is 1. The van der Waals surface area contributed by atoms with Crippen LogP contribution in [0.15, 0.2) is 73.1 Å². The summed E-state index contributed by atoms with van der Waals surface area (Å²) in [6.45, 7) is 2.56. The predicted octanol–water partition coefficient (Wildman–Crippen LogP) is 5.90.